The zero-order valence-corrected chi connectivity index (χ0v) is 16.8. The van der Waals surface area contributed by atoms with Crippen LogP contribution in [0.1, 0.15) is 21.9 Å². The second-order valence-corrected chi connectivity index (χ2v) is 7.23. The molecule has 152 valence electrons. The van der Waals surface area contributed by atoms with Crippen molar-refractivity contribution in [3.05, 3.63) is 106 Å². The summed E-state index contributed by atoms with van der Waals surface area (Å²) in [4.78, 5) is 34.0. The Balaban J connectivity index is 1.40. The van der Waals surface area contributed by atoms with Crippen LogP contribution in [0, 0.1) is 6.92 Å². The molecule has 0 fully saturated rings. The number of rotatable bonds is 4. The van der Waals surface area contributed by atoms with E-state index in [0.717, 1.165) is 22.5 Å². The van der Waals surface area contributed by atoms with Gasteiger partial charge >= 0.3 is 0 Å². The highest BCUT2D eigenvalue weighted by Crippen LogP contribution is 2.22. The number of aromatic nitrogens is 4. The molecule has 3 heterocycles. The van der Waals surface area contributed by atoms with Crippen LogP contribution >= 0.6 is 0 Å². The van der Waals surface area contributed by atoms with Crippen molar-refractivity contribution in [2.75, 3.05) is 0 Å². The smallest absolute Gasteiger partial charge is 0.258 e. The van der Waals surface area contributed by atoms with Crippen molar-refractivity contribution in [2.24, 2.45) is 0 Å². The first-order chi connectivity index (χ1) is 15.1. The molecule has 3 aromatic heterocycles. The normalized spacial score (nSPS) is 11.1. The van der Waals surface area contributed by atoms with Crippen molar-refractivity contribution in [3.8, 4) is 5.69 Å². The Bertz CT molecular complexity index is 1480. The SMILES string of the molecule is Cc1nc2cc(C(=O)NCc3cc(=O)n4ccccc4n3)ccc2n1-c1ccccc1. The number of hydrogen-bond donors (Lipinski definition) is 1. The average molecular weight is 409 g/mol. The van der Waals surface area contributed by atoms with E-state index in [1.165, 1.54) is 10.5 Å². The topological polar surface area (TPSA) is 81.3 Å². The first kappa shape index (κ1) is 18.7. The molecule has 0 saturated carbocycles. The van der Waals surface area contributed by atoms with Gasteiger partial charge in [0, 0.05) is 23.5 Å². The quantitative estimate of drug-likeness (QED) is 0.494. The number of aryl methyl sites for hydroxylation is 1. The highest BCUT2D eigenvalue weighted by atomic mass is 16.1. The third-order valence-corrected chi connectivity index (χ3v) is 5.15. The lowest BCUT2D eigenvalue weighted by atomic mass is 10.2. The molecule has 0 saturated heterocycles. The van der Waals surface area contributed by atoms with Gasteiger partial charge in [-0.1, -0.05) is 24.3 Å². The standard InChI is InChI=1S/C24H19N5O2/c1-16-26-20-13-17(10-11-21(20)29(16)19-7-3-2-4-8-19)24(31)25-15-18-14-23(30)28-12-6-5-9-22(28)27-18/h2-14H,15H2,1H3,(H,25,31). The Morgan fingerprint density at radius 2 is 1.77 bits per heavy atom. The summed E-state index contributed by atoms with van der Waals surface area (Å²) in [5, 5.41) is 2.84. The number of amides is 1. The third-order valence-electron chi connectivity index (χ3n) is 5.15. The van der Waals surface area contributed by atoms with Crippen molar-refractivity contribution in [2.45, 2.75) is 13.5 Å². The van der Waals surface area contributed by atoms with Gasteiger partial charge in [0.25, 0.3) is 11.5 Å². The van der Waals surface area contributed by atoms with Gasteiger partial charge in [0.05, 0.1) is 23.3 Å². The summed E-state index contributed by atoms with van der Waals surface area (Å²) in [6.07, 6.45) is 1.67. The molecule has 7 nitrogen and oxygen atoms in total. The van der Waals surface area contributed by atoms with Gasteiger partial charge in [-0.3, -0.25) is 18.6 Å². The molecule has 31 heavy (non-hydrogen) atoms. The highest BCUT2D eigenvalue weighted by Gasteiger charge is 2.13. The molecule has 5 aromatic rings. The summed E-state index contributed by atoms with van der Waals surface area (Å²) < 4.78 is 3.52. The molecule has 0 radical (unpaired) electrons. The number of carbonyl (C=O) groups is 1. The minimum absolute atomic E-state index is 0.162. The number of para-hydroxylation sites is 1. The molecule has 7 heteroatoms. The molecule has 0 aliphatic rings. The Morgan fingerprint density at radius 3 is 2.61 bits per heavy atom. The molecule has 0 atom stereocenters. The summed E-state index contributed by atoms with van der Waals surface area (Å²) in [5.41, 5.74) is 4.08. The van der Waals surface area contributed by atoms with Gasteiger partial charge in [-0.25, -0.2) is 9.97 Å². The van der Waals surface area contributed by atoms with Gasteiger partial charge in [-0.05, 0) is 49.4 Å². The van der Waals surface area contributed by atoms with Crippen molar-refractivity contribution in [1.29, 1.82) is 0 Å². The molecule has 2 aromatic carbocycles. The Labute approximate surface area is 177 Å². The van der Waals surface area contributed by atoms with Crippen molar-refractivity contribution >= 4 is 22.6 Å². The zero-order chi connectivity index (χ0) is 21.4. The van der Waals surface area contributed by atoms with Gasteiger partial charge in [-0.2, -0.15) is 0 Å². The van der Waals surface area contributed by atoms with Gasteiger partial charge in [0.1, 0.15) is 11.5 Å². The van der Waals surface area contributed by atoms with Crippen molar-refractivity contribution in [3.63, 3.8) is 0 Å². The summed E-state index contributed by atoms with van der Waals surface area (Å²) >= 11 is 0. The number of carbonyl (C=O) groups excluding carboxylic acids is 1. The fourth-order valence-corrected chi connectivity index (χ4v) is 3.71. The van der Waals surface area contributed by atoms with Crippen LogP contribution in [0.25, 0.3) is 22.4 Å². The van der Waals surface area contributed by atoms with Crippen molar-refractivity contribution in [1.82, 2.24) is 24.3 Å². The minimum atomic E-state index is -0.246. The van der Waals surface area contributed by atoms with Crippen LogP contribution < -0.4 is 10.9 Å². The Morgan fingerprint density at radius 1 is 0.968 bits per heavy atom. The lowest BCUT2D eigenvalue weighted by molar-refractivity contribution is 0.0950. The fourth-order valence-electron chi connectivity index (χ4n) is 3.71. The zero-order valence-electron chi connectivity index (χ0n) is 16.8. The predicted octanol–water partition coefficient (Wildman–Crippen LogP) is 3.27. The summed E-state index contributed by atoms with van der Waals surface area (Å²) in [6, 6.07) is 22.2. The van der Waals surface area contributed by atoms with Crippen LogP contribution in [0.15, 0.2) is 83.8 Å². The molecule has 0 bridgehead atoms. The van der Waals surface area contributed by atoms with E-state index in [1.807, 2.05) is 49.4 Å². The van der Waals surface area contributed by atoms with E-state index < -0.39 is 0 Å². The van der Waals surface area contributed by atoms with E-state index in [4.69, 9.17) is 0 Å². The first-order valence-corrected chi connectivity index (χ1v) is 9.90. The minimum Gasteiger partial charge on any atom is -0.346 e. The molecule has 1 amide bonds. The van der Waals surface area contributed by atoms with E-state index >= 15 is 0 Å². The first-order valence-electron chi connectivity index (χ1n) is 9.90. The van der Waals surface area contributed by atoms with Crippen LogP contribution in [-0.2, 0) is 6.54 Å². The molecular formula is C24H19N5O2. The second-order valence-electron chi connectivity index (χ2n) is 7.23. The number of nitrogens with zero attached hydrogens (tertiary/aromatic N) is 4. The molecular weight excluding hydrogens is 390 g/mol. The van der Waals surface area contributed by atoms with E-state index in [-0.39, 0.29) is 18.0 Å². The van der Waals surface area contributed by atoms with Crippen LogP contribution in [-0.4, -0.2) is 24.8 Å². The van der Waals surface area contributed by atoms with E-state index in [0.29, 0.717) is 16.9 Å². The molecule has 1 N–H and O–H groups in total. The Kier molecular flexibility index (Phi) is 4.55. The van der Waals surface area contributed by atoms with E-state index in [2.05, 4.69) is 19.9 Å². The molecule has 5 rings (SSSR count). The Hall–Kier alpha value is -4.26. The van der Waals surface area contributed by atoms with Gasteiger partial charge in [0.2, 0.25) is 0 Å². The maximum Gasteiger partial charge on any atom is 0.258 e. The van der Waals surface area contributed by atoms with Crippen LogP contribution in [0.2, 0.25) is 0 Å². The maximum absolute atomic E-state index is 12.7. The largest absolute Gasteiger partial charge is 0.346 e. The summed E-state index contributed by atoms with van der Waals surface area (Å²) in [6.45, 7) is 2.10. The summed E-state index contributed by atoms with van der Waals surface area (Å²) in [5.74, 6) is 0.600. The van der Waals surface area contributed by atoms with Gasteiger partial charge < -0.3 is 5.32 Å². The number of pyridine rings is 1. The number of benzene rings is 2. The van der Waals surface area contributed by atoms with Crippen LogP contribution in [0.5, 0.6) is 0 Å². The van der Waals surface area contributed by atoms with Gasteiger partial charge in [0.15, 0.2) is 0 Å². The van der Waals surface area contributed by atoms with E-state index in [1.54, 1.807) is 30.5 Å². The number of hydrogen-bond acceptors (Lipinski definition) is 4. The molecule has 0 aliphatic heterocycles. The van der Waals surface area contributed by atoms with Crippen molar-refractivity contribution < 1.29 is 4.79 Å². The third kappa shape index (κ3) is 3.46. The average Bonchev–Trinajstić information content (AvgIpc) is 3.13. The molecule has 0 aliphatic carbocycles. The lowest BCUT2D eigenvalue weighted by Crippen LogP contribution is -2.25. The molecule has 0 unspecified atom stereocenters. The summed E-state index contributed by atoms with van der Waals surface area (Å²) in [7, 11) is 0. The second kappa shape index (κ2) is 7.53. The number of fused-ring (bicyclic) bond motifs is 2. The number of nitrogens with one attached hydrogen (secondary N) is 1. The monoisotopic (exact) mass is 409 g/mol. The lowest BCUT2D eigenvalue weighted by Gasteiger charge is -2.08. The van der Waals surface area contributed by atoms with Crippen LogP contribution in [0.4, 0.5) is 0 Å². The van der Waals surface area contributed by atoms with Crippen LogP contribution in [0.3, 0.4) is 0 Å². The molecule has 0 spiro atoms. The predicted molar refractivity (Wildman–Crippen MR) is 118 cm³/mol. The van der Waals surface area contributed by atoms with Gasteiger partial charge in [-0.15, -0.1) is 0 Å². The fraction of sp³-hybridized carbons (Fsp3) is 0.0833. The van der Waals surface area contributed by atoms with E-state index in [9.17, 15) is 9.59 Å². The number of imidazole rings is 1. The maximum atomic E-state index is 12.7. The highest BCUT2D eigenvalue weighted by molar-refractivity contribution is 5.97.